The molecule has 0 aromatic carbocycles. The second-order valence-electron chi connectivity index (χ2n) is 3.10. The van der Waals surface area contributed by atoms with Gasteiger partial charge < -0.3 is 5.32 Å². The van der Waals surface area contributed by atoms with E-state index in [-0.39, 0.29) is 0 Å². The molecule has 6 heteroatoms. The summed E-state index contributed by atoms with van der Waals surface area (Å²) in [6, 6.07) is 1.91. The highest BCUT2D eigenvalue weighted by Crippen LogP contribution is 2.16. The van der Waals surface area contributed by atoms with Gasteiger partial charge in [-0.25, -0.2) is 15.0 Å². The predicted octanol–water partition coefficient (Wildman–Crippen LogP) is 1.82. The van der Waals surface area contributed by atoms with Crippen LogP contribution in [0.15, 0.2) is 29.9 Å². The Morgan fingerprint density at radius 3 is 2.94 bits per heavy atom. The van der Waals surface area contributed by atoms with Crippen molar-refractivity contribution in [3.05, 3.63) is 24.8 Å². The second-order valence-corrected chi connectivity index (χ2v) is 3.87. The van der Waals surface area contributed by atoms with Crippen LogP contribution in [0.3, 0.4) is 0 Å². The molecule has 0 aliphatic carbocycles. The molecule has 0 saturated heterocycles. The topological polar surface area (TPSA) is 55.6 Å². The lowest BCUT2D eigenvalue weighted by Gasteiger charge is -2.07. The standard InChI is InChI=1S/C10H13N5S/c1-3-12-8-6-9(14-10(13-8)16-2)15-5-4-11-7-15/h4-7H,3H2,1-2H3,(H,12,13,14). The zero-order valence-electron chi connectivity index (χ0n) is 9.21. The van der Waals surface area contributed by atoms with Crippen LogP contribution in [0.2, 0.25) is 0 Å². The van der Waals surface area contributed by atoms with E-state index in [1.807, 2.05) is 30.0 Å². The normalized spacial score (nSPS) is 10.4. The van der Waals surface area contributed by atoms with Gasteiger partial charge in [0.1, 0.15) is 18.0 Å². The molecule has 0 amide bonds. The van der Waals surface area contributed by atoms with Gasteiger partial charge in [-0.15, -0.1) is 0 Å². The van der Waals surface area contributed by atoms with Crippen molar-refractivity contribution in [3.63, 3.8) is 0 Å². The van der Waals surface area contributed by atoms with Gasteiger partial charge in [0, 0.05) is 25.0 Å². The van der Waals surface area contributed by atoms with Crippen LogP contribution in [0.25, 0.3) is 5.82 Å². The first-order chi connectivity index (χ1) is 7.83. The molecule has 2 aromatic rings. The Morgan fingerprint density at radius 2 is 2.31 bits per heavy atom. The summed E-state index contributed by atoms with van der Waals surface area (Å²) >= 11 is 1.52. The Balaban J connectivity index is 2.41. The number of rotatable bonds is 4. The van der Waals surface area contributed by atoms with Crippen LogP contribution >= 0.6 is 11.8 Å². The number of hydrogen-bond donors (Lipinski definition) is 1. The smallest absolute Gasteiger partial charge is 0.191 e. The number of aromatic nitrogens is 4. The van der Waals surface area contributed by atoms with Gasteiger partial charge in [-0.05, 0) is 13.2 Å². The summed E-state index contributed by atoms with van der Waals surface area (Å²) in [7, 11) is 0. The third kappa shape index (κ3) is 2.33. The van der Waals surface area contributed by atoms with E-state index in [0.29, 0.717) is 0 Å². The molecule has 0 saturated carbocycles. The lowest BCUT2D eigenvalue weighted by atomic mass is 10.5. The second kappa shape index (κ2) is 4.98. The number of nitrogens with zero attached hydrogens (tertiary/aromatic N) is 4. The van der Waals surface area contributed by atoms with Gasteiger partial charge in [-0.1, -0.05) is 11.8 Å². The number of hydrogen-bond acceptors (Lipinski definition) is 5. The van der Waals surface area contributed by atoms with Gasteiger partial charge >= 0.3 is 0 Å². The maximum atomic E-state index is 4.41. The molecular formula is C10H13N5S. The molecule has 0 bridgehead atoms. The highest BCUT2D eigenvalue weighted by molar-refractivity contribution is 7.98. The predicted molar refractivity (Wildman–Crippen MR) is 65.1 cm³/mol. The fraction of sp³-hybridized carbons (Fsp3) is 0.300. The Hall–Kier alpha value is -1.56. The fourth-order valence-electron chi connectivity index (χ4n) is 1.30. The van der Waals surface area contributed by atoms with Crippen LogP contribution in [0, 0.1) is 0 Å². The quantitative estimate of drug-likeness (QED) is 0.647. The van der Waals surface area contributed by atoms with Crippen molar-refractivity contribution in [2.75, 3.05) is 18.1 Å². The molecule has 0 spiro atoms. The number of anilines is 1. The highest BCUT2D eigenvalue weighted by atomic mass is 32.2. The van der Waals surface area contributed by atoms with E-state index < -0.39 is 0 Å². The van der Waals surface area contributed by atoms with Gasteiger partial charge in [0.15, 0.2) is 5.16 Å². The minimum atomic E-state index is 0.752. The molecule has 84 valence electrons. The van der Waals surface area contributed by atoms with Crippen molar-refractivity contribution in [1.29, 1.82) is 0 Å². The molecule has 0 fully saturated rings. The Bertz CT molecular complexity index is 454. The maximum Gasteiger partial charge on any atom is 0.191 e. The van der Waals surface area contributed by atoms with Crippen molar-refractivity contribution in [3.8, 4) is 5.82 Å². The van der Waals surface area contributed by atoms with Crippen LogP contribution in [0.4, 0.5) is 5.82 Å². The summed E-state index contributed by atoms with van der Waals surface area (Å²) < 4.78 is 1.86. The summed E-state index contributed by atoms with van der Waals surface area (Å²) in [6.07, 6.45) is 7.28. The molecule has 2 heterocycles. The SMILES string of the molecule is CCNc1cc(-n2ccnc2)nc(SC)n1. The average molecular weight is 235 g/mol. The van der Waals surface area contributed by atoms with E-state index in [1.165, 1.54) is 11.8 Å². The van der Waals surface area contributed by atoms with Crippen molar-refractivity contribution in [1.82, 2.24) is 19.5 Å². The van der Waals surface area contributed by atoms with E-state index in [2.05, 4.69) is 20.3 Å². The summed E-state index contributed by atoms with van der Waals surface area (Å²) in [5.41, 5.74) is 0. The summed E-state index contributed by atoms with van der Waals surface area (Å²) in [6.45, 7) is 2.88. The molecular weight excluding hydrogens is 222 g/mol. The number of thioether (sulfide) groups is 1. The van der Waals surface area contributed by atoms with Gasteiger partial charge in [-0.3, -0.25) is 4.57 Å². The van der Waals surface area contributed by atoms with Crippen LogP contribution in [-0.4, -0.2) is 32.3 Å². The molecule has 16 heavy (non-hydrogen) atoms. The third-order valence-electron chi connectivity index (χ3n) is 2.00. The van der Waals surface area contributed by atoms with Gasteiger partial charge in [-0.2, -0.15) is 0 Å². The number of nitrogens with one attached hydrogen (secondary N) is 1. The molecule has 0 aliphatic rings. The van der Waals surface area contributed by atoms with E-state index in [1.54, 1.807) is 12.5 Å². The lowest BCUT2D eigenvalue weighted by molar-refractivity contribution is 0.888. The van der Waals surface area contributed by atoms with Gasteiger partial charge in [0.25, 0.3) is 0 Å². The van der Waals surface area contributed by atoms with Crippen molar-refractivity contribution < 1.29 is 0 Å². The molecule has 0 aliphatic heterocycles. The first kappa shape index (κ1) is 10.9. The lowest BCUT2D eigenvalue weighted by Crippen LogP contribution is -2.04. The zero-order chi connectivity index (χ0) is 11.4. The third-order valence-corrected chi connectivity index (χ3v) is 2.55. The summed E-state index contributed by atoms with van der Waals surface area (Å²) in [5, 5.41) is 3.94. The largest absolute Gasteiger partial charge is 0.370 e. The minimum absolute atomic E-state index is 0.752. The van der Waals surface area contributed by atoms with Crippen molar-refractivity contribution in [2.45, 2.75) is 12.1 Å². The minimum Gasteiger partial charge on any atom is -0.370 e. The van der Waals surface area contributed by atoms with Crippen molar-refractivity contribution >= 4 is 17.6 Å². The Kier molecular flexibility index (Phi) is 3.40. The molecule has 2 rings (SSSR count). The van der Waals surface area contributed by atoms with Crippen LogP contribution in [0.1, 0.15) is 6.92 Å². The van der Waals surface area contributed by atoms with E-state index in [4.69, 9.17) is 0 Å². The van der Waals surface area contributed by atoms with Crippen LogP contribution < -0.4 is 5.32 Å². The zero-order valence-corrected chi connectivity index (χ0v) is 10.0. The van der Waals surface area contributed by atoms with Gasteiger partial charge in [0.2, 0.25) is 0 Å². The van der Waals surface area contributed by atoms with E-state index >= 15 is 0 Å². The molecule has 0 atom stereocenters. The summed E-state index contributed by atoms with van der Waals surface area (Å²) in [5.74, 6) is 1.67. The van der Waals surface area contributed by atoms with E-state index in [9.17, 15) is 0 Å². The molecule has 2 aromatic heterocycles. The van der Waals surface area contributed by atoms with E-state index in [0.717, 1.165) is 23.3 Å². The Labute approximate surface area is 98.3 Å². The molecule has 5 nitrogen and oxygen atoms in total. The average Bonchev–Trinajstić information content (AvgIpc) is 2.82. The molecule has 0 radical (unpaired) electrons. The molecule has 0 unspecified atom stereocenters. The monoisotopic (exact) mass is 235 g/mol. The summed E-state index contributed by atoms with van der Waals surface area (Å²) in [4.78, 5) is 12.8. The van der Waals surface area contributed by atoms with Gasteiger partial charge in [0.05, 0.1) is 0 Å². The fourth-order valence-corrected chi connectivity index (χ4v) is 1.68. The van der Waals surface area contributed by atoms with Crippen LogP contribution in [0.5, 0.6) is 0 Å². The maximum absolute atomic E-state index is 4.41. The Morgan fingerprint density at radius 1 is 1.44 bits per heavy atom. The molecule has 1 N–H and O–H groups in total. The van der Waals surface area contributed by atoms with Crippen LogP contribution in [-0.2, 0) is 0 Å². The van der Waals surface area contributed by atoms with Crippen molar-refractivity contribution in [2.24, 2.45) is 0 Å². The first-order valence-electron chi connectivity index (χ1n) is 4.98. The first-order valence-corrected chi connectivity index (χ1v) is 6.21. The number of imidazole rings is 1. The highest BCUT2D eigenvalue weighted by Gasteiger charge is 2.04.